The van der Waals surface area contributed by atoms with Gasteiger partial charge < -0.3 is 4.42 Å². The summed E-state index contributed by atoms with van der Waals surface area (Å²) in [6.07, 6.45) is 0.841. The van der Waals surface area contributed by atoms with Crippen molar-refractivity contribution >= 4 is 11.1 Å². The fourth-order valence-corrected chi connectivity index (χ4v) is 1.85. The summed E-state index contributed by atoms with van der Waals surface area (Å²) in [6, 6.07) is 7.84. The molecule has 0 spiro atoms. The van der Waals surface area contributed by atoms with Crippen LogP contribution in [0, 0.1) is 11.3 Å². The predicted octanol–water partition coefficient (Wildman–Crippen LogP) is 1.13. The van der Waals surface area contributed by atoms with Crippen molar-refractivity contribution in [2.75, 3.05) is 20.1 Å². The number of likely N-dealkylation sites (N-methyl/N-ethyl adjacent to an activating group) is 1. The molecule has 18 heavy (non-hydrogen) atoms. The van der Waals surface area contributed by atoms with Crippen molar-refractivity contribution in [2.24, 2.45) is 7.05 Å². The molecule has 0 unspecified atom stereocenters. The Morgan fingerprint density at radius 1 is 1.50 bits per heavy atom. The molecule has 1 heterocycles. The molecule has 1 aromatic heterocycles. The van der Waals surface area contributed by atoms with Crippen molar-refractivity contribution in [3.8, 4) is 6.07 Å². The van der Waals surface area contributed by atoms with Crippen molar-refractivity contribution in [2.45, 2.75) is 6.42 Å². The summed E-state index contributed by atoms with van der Waals surface area (Å²) < 4.78 is 6.57. The van der Waals surface area contributed by atoms with Crippen molar-refractivity contribution in [3.05, 3.63) is 34.3 Å². The van der Waals surface area contributed by atoms with Crippen molar-refractivity contribution in [3.63, 3.8) is 0 Å². The molecule has 2 aromatic rings. The van der Waals surface area contributed by atoms with Crippen LogP contribution in [0.1, 0.15) is 5.56 Å². The second-order valence-electron chi connectivity index (χ2n) is 4.37. The molecule has 0 saturated heterocycles. The van der Waals surface area contributed by atoms with E-state index in [1.54, 1.807) is 7.05 Å². The molecule has 5 heteroatoms. The standard InChI is InChI=1S/C13H15N3O2/c1-15(8-6-14)7-5-10-3-4-12-11(9-10)16(2)13(17)18-12/h3-4,9H,5,7-8H2,1-2H3. The Kier molecular flexibility index (Phi) is 3.49. The second-order valence-corrected chi connectivity index (χ2v) is 4.37. The third-order valence-electron chi connectivity index (χ3n) is 2.98. The molecule has 1 aromatic carbocycles. The maximum Gasteiger partial charge on any atom is 0.419 e. The summed E-state index contributed by atoms with van der Waals surface area (Å²) in [5, 5.41) is 8.57. The summed E-state index contributed by atoms with van der Waals surface area (Å²) in [5.41, 5.74) is 2.54. The summed E-state index contributed by atoms with van der Waals surface area (Å²) in [5.74, 6) is -0.344. The fourth-order valence-electron chi connectivity index (χ4n) is 1.85. The maximum atomic E-state index is 11.4. The molecule has 94 valence electrons. The van der Waals surface area contributed by atoms with Crippen LogP contribution in [-0.2, 0) is 13.5 Å². The highest BCUT2D eigenvalue weighted by molar-refractivity contribution is 5.73. The molecule has 2 rings (SSSR count). The molecule has 0 fully saturated rings. The molecule has 0 amide bonds. The minimum absolute atomic E-state index is 0.344. The van der Waals surface area contributed by atoms with E-state index in [0.29, 0.717) is 12.1 Å². The number of nitriles is 1. The van der Waals surface area contributed by atoms with Gasteiger partial charge in [-0.05, 0) is 31.2 Å². The minimum Gasteiger partial charge on any atom is -0.408 e. The Balaban J connectivity index is 2.18. The molecule has 5 nitrogen and oxygen atoms in total. The Labute approximate surface area is 105 Å². The number of rotatable bonds is 4. The van der Waals surface area contributed by atoms with Crippen LogP contribution in [0.15, 0.2) is 27.4 Å². The van der Waals surface area contributed by atoms with Gasteiger partial charge in [0.2, 0.25) is 0 Å². The van der Waals surface area contributed by atoms with Gasteiger partial charge in [-0.25, -0.2) is 4.79 Å². The molecule has 0 aliphatic heterocycles. The zero-order valence-corrected chi connectivity index (χ0v) is 10.5. The first kappa shape index (κ1) is 12.4. The minimum atomic E-state index is -0.344. The largest absolute Gasteiger partial charge is 0.419 e. The number of oxazole rings is 1. The van der Waals surface area contributed by atoms with Crippen LogP contribution in [0.2, 0.25) is 0 Å². The topological polar surface area (TPSA) is 62.2 Å². The van der Waals surface area contributed by atoms with Crippen molar-refractivity contribution in [1.29, 1.82) is 5.26 Å². The van der Waals surface area contributed by atoms with Crippen molar-refractivity contribution in [1.82, 2.24) is 9.47 Å². The zero-order chi connectivity index (χ0) is 13.1. The first-order valence-electron chi connectivity index (χ1n) is 5.76. The fraction of sp³-hybridized carbons (Fsp3) is 0.385. The maximum absolute atomic E-state index is 11.4. The number of nitrogens with zero attached hydrogens (tertiary/aromatic N) is 3. The van der Waals surface area contributed by atoms with E-state index in [1.165, 1.54) is 4.57 Å². The highest BCUT2D eigenvalue weighted by atomic mass is 16.4. The quantitative estimate of drug-likeness (QED) is 0.757. The monoisotopic (exact) mass is 245 g/mol. The van der Waals surface area contributed by atoms with Gasteiger partial charge in [-0.1, -0.05) is 6.07 Å². The highest BCUT2D eigenvalue weighted by Crippen LogP contribution is 2.14. The van der Waals surface area contributed by atoms with Crippen LogP contribution in [0.4, 0.5) is 0 Å². The number of benzene rings is 1. The molecule has 0 N–H and O–H groups in total. The lowest BCUT2D eigenvalue weighted by atomic mass is 10.1. The molecule has 0 atom stereocenters. The lowest BCUT2D eigenvalue weighted by Crippen LogP contribution is -2.21. The highest BCUT2D eigenvalue weighted by Gasteiger charge is 2.06. The van der Waals surface area contributed by atoms with Gasteiger partial charge in [-0.2, -0.15) is 5.26 Å². The zero-order valence-electron chi connectivity index (χ0n) is 10.5. The third-order valence-corrected chi connectivity index (χ3v) is 2.98. The summed E-state index contributed by atoms with van der Waals surface area (Å²) in [7, 11) is 3.61. The first-order valence-corrected chi connectivity index (χ1v) is 5.76. The molecule has 0 bridgehead atoms. The number of hydrogen-bond donors (Lipinski definition) is 0. The van der Waals surface area contributed by atoms with Gasteiger partial charge in [0, 0.05) is 13.6 Å². The number of aromatic nitrogens is 1. The first-order chi connectivity index (χ1) is 8.61. The molecule has 0 aliphatic carbocycles. The lowest BCUT2D eigenvalue weighted by molar-refractivity contribution is 0.379. The average Bonchev–Trinajstić information content (AvgIpc) is 2.63. The van der Waals surface area contributed by atoms with E-state index in [-0.39, 0.29) is 5.76 Å². The van der Waals surface area contributed by atoms with Crippen LogP contribution in [-0.4, -0.2) is 29.6 Å². The summed E-state index contributed by atoms with van der Waals surface area (Å²) in [6.45, 7) is 1.23. The van der Waals surface area contributed by atoms with Crippen LogP contribution in [0.5, 0.6) is 0 Å². The van der Waals surface area contributed by atoms with Gasteiger partial charge >= 0.3 is 5.76 Å². The van der Waals surface area contributed by atoms with E-state index in [4.69, 9.17) is 9.68 Å². The van der Waals surface area contributed by atoms with Gasteiger partial charge in [0.25, 0.3) is 0 Å². The molecule has 0 saturated carbocycles. The van der Waals surface area contributed by atoms with Gasteiger partial charge in [-0.15, -0.1) is 0 Å². The average molecular weight is 245 g/mol. The van der Waals surface area contributed by atoms with E-state index in [9.17, 15) is 4.79 Å². The van der Waals surface area contributed by atoms with Gasteiger partial charge in [0.15, 0.2) is 5.58 Å². The smallest absolute Gasteiger partial charge is 0.408 e. The number of hydrogen-bond acceptors (Lipinski definition) is 4. The summed E-state index contributed by atoms with van der Waals surface area (Å²) in [4.78, 5) is 13.3. The Hall–Kier alpha value is -2.06. The van der Waals surface area contributed by atoms with E-state index in [1.807, 2.05) is 30.1 Å². The van der Waals surface area contributed by atoms with Crippen LogP contribution in [0.25, 0.3) is 11.1 Å². The Bertz CT molecular complexity index is 648. The van der Waals surface area contributed by atoms with Crippen LogP contribution >= 0.6 is 0 Å². The van der Waals surface area contributed by atoms with Gasteiger partial charge in [0.1, 0.15) is 0 Å². The van der Waals surface area contributed by atoms with Gasteiger partial charge in [-0.3, -0.25) is 9.47 Å². The lowest BCUT2D eigenvalue weighted by Gasteiger charge is -2.11. The SMILES string of the molecule is CN(CC#N)CCc1ccc2oc(=O)n(C)c2c1. The Morgan fingerprint density at radius 3 is 3.00 bits per heavy atom. The second kappa shape index (κ2) is 5.07. The number of aryl methyl sites for hydroxylation is 1. The van der Waals surface area contributed by atoms with E-state index in [0.717, 1.165) is 24.0 Å². The van der Waals surface area contributed by atoms with Crippen molar-refractivity contribution < 1.29 is 4.42 Å². The molecule has 0 aliphatic rings. The van der Waals surface area contributed by atoms with E-state index in [2.05, 4.69) is 6.07 Å². The van der Waals surface area contributed by atoms with E-state index >= 15 is 0 Å². The number of fused-ring (bicyclic) bond motifs is 1. The van der Waals surface area contributed by atoms with E-state index < -0.39 is 0 Å². The third kappa shape index (κ3) is 2.44. The Morgan fingerprint density at radius 2 is 2.28 bits per heavy atom. The molecular weight excluding hydrogens is 230 g/mol. The van der Waals surface area contributed by atoms with Crippen LogP contribution < -0.4 is 5.76 Å². The molecular formula is C13H15N3O2. The molecule has 0 radical (unpaired) electrons. The normalized spacial score (nSPS) is 11.0. The van der Waals surface area contributed by atoms with Gasteiger partial charge in [0.05, 0.1) is 18.1 Å². The summed E-state index contributed by atoms with van der Waals surface area (Å²) >= 11 is 0. The van der Waals surface area contributed by atoms with Crippen LogP contribution in [0.3, 0.4) is 0 Å². The predicted molar refractivity (Wildman–Crippen MR) is 68.3 cm³/mol.